The molecule has 29 heavy (non-hydrogen) atoms. The van der Waals surface area contributed by atoms with Crippen LogP contribution in [0, 0.1) is 6.92 Å². The number of halogens is 2. The van der Waals surface area contributed by atoms with Crippen LogP contribution in [0.3, 0.4) is 0 Å². The smallest absolute Gasteiger partial charge is 0.191 e. The minimum Gasteiger partial charge on any atom is -0.386 e. The predicted molar refractivity (Wildman–Crippen MR) is 131 cm³/mol. The van der Waals surface area contributed by atoms with Gasteiger partial charge < -0.3 is 20.3 Å². The van der Waals surface area contributed by atoms with Crippen molar-refractivity contribution >= 4 is 64.2 Å². The maximum atomic E-state index is 10.4. The molecule has 0 aromatic carbocycles. The number of aryl methyl sites for hydroxylation is 1. The van der Waals surface area contributed by atoms with Crippen molar-refractivity contribution in [1.82, 2.24) is 25.4 Å². The Morgan fingerprint density at radius 1 is 1.31 bits per heavy atom. The molecule has 0 aliphatic heterocycles. The molecule has 1 unspecified atom stereocenters. The Bertz CT molecular complexity index is 911. The molecule has 0 saturated carbocycles. The van der Waals surface area contributed by atoms with Crippen LogP contribution in [0.1, 0.15) is 27.5 Å². The highest BCUT2D eigenvalue weighted by atomic mass is 127. The molecule has 0 fully saturated rings. The summed E-state index contributed by atoms with van der Waals surface area (Å²) in [7, 11) is 1.92. The van der Waals surface area contributed by atoms with Crippen molar-refractivity contribution < 1.29 is 5.11 Å². The average molecular weight is 567 g/mol. The molecule has 0 aliphatic rings. The van der Waals surface area contributed by atoms with Gasteiger partial charge in [0.2, 0.25) is 0 Å². The molecule has 0 radical (unpaired) electrons. The molecule has 3 N–H and O–H groups in total. The molecule has 3 heterocycles. The molecule has 7 nitrogen and oxygen atoms in total. The molecule has 0 saturated heterocycles. The van der Waals surface area contributed by atoms with Gasteiger partial charge in [0.05, 0.1) is 4.34 Å². The number of thiophene rings is 2. The van der Waals surface area contributed by atoms with Gasteiger partial charge >= 0.3 is 0 Å². The highest BCUT2D eigenvalue weighted by molar-refractivity contribution is 14.0. The lowest BCUT2D eigenvalue weighted by molar-refractivity contribution is 0.184. The van der Waals surface area contributed by atoms with E-state index in [1.165, 1.54) is 16.2 Å². The van der Waals surface area contributed by atoms with E-state index in [0.717, 1.165) is 29.5 Å². The first-order chi connectivity index (χ1) is 13.5. The summed E-state index contributed by atoms with van der Waals surface area (Å²) >= 11 is 9.06. The van der Waals surface area contributed by atoms with E-state index in [-0.39, 0.29) is 24.0 Å². The first kappa shape index (κ1) is 24.1. The average Bonchev–Trinajstić information content (AvgIpc) is 3.41. The van der Waals surface area contributed by atoms with Crippen molar-refractivity contribution in [3.8, 4) is 0 Å². The standard InChI is InChI=1S/C18H23ClN6OS2.HI/c1-12-23-24-17(25(12)2)11-22-18(20-8-7-13-4-3-9-27-13)21-10-14(26)15-5-6-16(19)28-15;/h3-6,9,14,26H,7-8,10-11H2,1-2H3,(H2,20,21,22);1H. The van der Waals surface area contributed by atoms with E-state index in [0.29, 0.717) is 23.4 Å². The maximum Gasteiger partial charge on any atom is 0.191 e. The lowest BCUT2D eigenvalue weighted by Crippen LogP contribution is -2.40. The summed E-state index contributed by atoms with van der Waals surface area (Å²) in [6.45, 7) is 3.37. The van der Waals surface area contributed by atoms with Gasteiger partial charge in [-0.1, -0.05) is 17.7 Å². The van der Waals surface area contributed by atoms with Crippen molar-refractivity contribution in [3.05, 3.63) is 55.4 Å². The minimum atomic E-state index is -0.654. The summed E-state index contributed by atoms with van der Waals surface area (Å²) in [5.41, 5.74) is 0. The maximum absolute atomic E-state index is 10.4. The van der Waals surface area contributed by atoms with Crippen molar-refractivity contribution in [3.63, 3.8) is 0 Å². The molecule has 3 aromatic rings. The predicted octanol–water partition coefficient (Wildman–Crippen LogP) is 3.53. The summed E-state index contributed by atoms with van der Waals surface area (Å²) in [6, 6.07) is 7.79. The summed E-state index contributed by atoms with van der Waals surface area (Å²) in [4.78, 5) is 6.73. The number of nitrogens with one attached hydrogen (secondary N) is 2. The Morgan fingerprint density at radius 2 is 2.14 bits per heavy atom. The zero-order valence-corrected chi connectivity index (χ0v) is 20.9. The van der Waals surface area contributed by atoms with Gasteiger partial charge in [0.1, 0.15) is 18.5 Å². The van der Waals surface area contributed by atoms with Crippen LogP contribution in [0.4, 0.5) is 0 Å². The molecule has 0 spiro atoms. The van der Waals surface area contributed by atoms with E-state index in [1.54, 1.807) is 17.4 Å². The fraction of sp³-hybridized carbons (Fsp3) is 0.389. The van der Waals surface area contributed by atoms with Gasteiger partial charge in [0, 0.05) is 29.9 Å². The van der Waals surface area contributed by atoms with E-state index in [9.17, 15) is 5.11 Å². The van der Waals surface area contributed by atoms with Crippen LogP contribution in [0.2, 0.25) is 4.34 Å². The second-order valence-electron chi connectivity index (χ2n) is 6.18. The van der Waals surface area contributed by atoms with Crippen LogP contribution >= 0.6 is 58.3 Å². The second-order valence-corrected chi connectivity index (χ2v) is 8.96. The quantitative estimate of drug-likeness (QED) is 0.221. The first-order valence-corrected chi connectivity index (χ1v) is 10.9. The molecule has 11 heteroatoms. The van der Waals surface area contributed by atoms with Crippen molar-refractivity contribution in [2.75, 3.05) is 13.1 Å². The SMILES string of the molecule is Cc1nnc(CN=C(NCCc2cccs2)NCC(O)c2ccc(Cl)s2)n1C.I. The Hall–Kier alpha value is -1.21. The number of nitrogens with zero attached hydrogens (tertiary/aromatic N) is 4. The molecular weight excluding hydrogens is 543 g/mol. The molecular formula is C18H24ClIN6OS2. The van der Waals surface area contributed by atoms with E-state index >= 15 is 0 Å². The van der Waals surface area contributed by atoms with Crippen LogP contribution in [0.5, 0.6) is 0 Å². The largest absolute Gasteiger partial charge is 0.386 e. The summed E-state index contributed by atoms with van der Waals surface area (Å²) in [5.74, 6) is 2.25. The number of hydrogen-bond acceptors (Lipinski definition) is 6. The van der Waals surface area contributed by atoms with Gasteiger partial charge in [-0.3, -0.25) is 0 Å². The minimum absolute atomic E-state index is 0. The van der Waals surface area contributed by atoms with Crippen LogP contribution < -0.4 is 10.6 Å². The number of aliphatic imine (C=N–C) groups is 1. The highest BCUT2D eigenvalue weighted by Gasteiger charge is 2.12. The third-order valence-electron chi connectivity index (χ3n) is 4.19. The fourth-order valence-electron chi connectivity index (χ4n) is 2.47. The lowest BCUT2D eigenvalue weighted by Gasteiger charge is -2.15. The summed E-state index contributed by atoms with van der Waals surface area (Å²) in [6.07, 6.45) is 0.253. The number of rotatable bonds is 8. The van der Waals surface area contributed by atoms with Gasteiger partial charge in [-0.25, -0.2) is 4.99 Å². The van der Waals surface area contributed by atoms with Crippen LogP contribution in [0.15, 0.2) is 34.6 Å². The third-order valence-corrected chi connectivity index (χ3v) is 6.46. The summed E-state index contributed by atoms with van der Waals surface area (Å²) in [5, 5.41) is 27.2. The summed E-state index contributed by atoms with van der Waals surface area (Å²) < 4.78 is 2.57. The molecule has 0 amide bonds. The second kappa shape index (κ2) is 11.8. The monoisotopic (exact) mass is 566 g/mol. The van der Waals surface area contributed by atoms with Gasteiger partial charge in [-0.05, 0) is 36.9 Å². The molecule has 3 aromatic heterocycles. The number of aromatic nitrogens is 3. The van der Waals surface area contributed by atoms with Crippen LogP contribution in [-0.4, -0.2) is 38.9 Å². The van der Waals surface area contributed by atoms with E-state index < -0.39 is 6.10 Å². The Kier molecular flexibility index (Phi) is 9.83. The number of aliphatic hydroxyl groups excluding tert-OH is 1. The third kappa shape index (κ3) is 7.21. The Balaban J connectivity index is 0.00000300. The molecule has 158 valence electrons. The number of guanidine groups is 1. The van der Waals surface area contributed by atoms with Gasteiger partial charge in [-0.15, -0.1) is 56.8 Å². The zero-order valence-electron chi connectivity index (χ0n) is 16.1. The van der Waals surface area contributed by atoms with E-state index in [2.05, 4.69) is 37.3 Å². The Labute approximate surface area is 200 Å². The highest BCUT2D eigenvalue weighted by Crippen LogP contribution is 2.26. The van der Waals surface area contributed by atoms with Crippen molar-refractivity contribution in [1.29, 1.82) is 0 Å². The lowest BCUT2D eigenvalue weighted by atomic mass is 10.3. The van der Waals surface area contributed by atoms with Gasteiger partial charge in [-0.2, -0.15) is 0 Å². The van der Waals surface area contributed by atoms with Gasteiger partial charge in [0.15, 0.2) is 11.8 Å². The van der Waals surface area contributed by atoms with Crippen LogP contribution in [-0.2, 0) is 20.0 Å². The first-order valence-electron chi connectivity index (χ1n) is 8.85. The van der Waals surface area contributed by atoms with E-state index in [4.69, 9.17) is 11.6 Å². The molecule has 0 bridgehead atoms. The van der Waals surface area contributed by atoms with Gasteiger partial charge in [0.25, 0.3) is 0 Å². The van der Waals surface area contributed by atoms with Crippen molar-refractivity contribution in [2.45, 2.75) is 26.0 Å². The topological polar surface area (TPSA) is 87.4 Å². The molecule has 0 aliphatic carbocycles. The van der Waals surface area contributed by atoms with E-state index in [1.807, 2.05) is 30.7 Å². The normalized spacial score (nSPS) is 12.5. The Morgan fingerprint density at radius 3 is 2.76 bits per heavy atom. The van der Waals surface area contributed by atoms with Crippen molar-refractivity contribution in [2.24, 2.45) is 12.0 Å². The zero-order chi connectivity index (χ0) is 19.9. The molecule has 1 atom stereocenters. The fourth-order valence-corrected chi connectivity index (χ4v) is 4.23. The number of aliphatic hydroxyl groups is 1. The molecule has 3 rings (SSSR count). The van der Waals surface area contributed by atoms with Crippen LogP contribution in [0.25, 0.3) is 0 Å². The number of hydrogen-bond donors (Lipinski definition) is 3.